The number of carboxylic acids is 1. The van der Waals surface area contributed by atoms with E-state index >= 15 is 0 Å². The number of Topliss-reactive ketones (excluding diaryl/α,β-unsaturated/α-hetero) is 1. The van der Waals surface area contributed by atoms with Gasteiger partial charge in [0.2, 0.25) is 0 Å². The lowest BCUT2D eigenvalue weighted by atomic mass is 10.0. The Kier molecular flexibility index (Phi) is 5.26. The zero-order valence-corrected chi connectivity index (χ0v) is 14.8. The number of phenols is 1. The number of nitrogens with one attached hydrogen (secondary N) is 2. The van der Waals surface area contributed by atoms with Gasteiger partial charge in [0.1, 0.15) is 11.8 Å². The van der Waals surface area contributed by atoms with E-state index in [-0.39, 0.29) is 28.8 Å². The van der Waals surface area contributed by atoms with E-state index in [1.54, 1.807) is 0 Å². The number of non-ortho nitro benzene ring substituents is 1. The maximum Gasteiger partial charge on any atom is 0.326 e. The highest BCUT2D eigenvalue weighted by Crippen LogP contribution is 2.24. The van der Waals surface area contributed by atoms with Gasteiger partial charge in [-0.3, -0.25) is 19.7 Å². The molecule has 0 unspecified atom stereocenters. The van der Waals surface area contributed by atoms with Crippen molar-refractivity contribution < 1.29 is 29.5 Å². The molecular formula is C19H15N3O7. The molecule has 29 heavy (non-hydrogen) atoms. The van der Waals surface area contributed by atoms with Crippen LogP contribution in [0.1, 0.15) is 15.9 Å². The van der Waals surface area contributed by atoms with Gasteiger partial charge in [-0.15, -0.1) is 0 Å². The number of carbonyl (C=O) groups is 3. The van der Waals surface area contributed by atoms with Crippen LogP contribution in [0, 0.1) is 10.1 Å². The molecule has 0 fully saturated rings. The monoisotopic (exact) mass is 397 g/mol. The summed E-state index contributed by atoms with van der Waals surface area (Å²) >= 11 is 0. The number of amides is 1. The van der Waals surface area contributed by atoms with Crippen LogP contribution in [0.25, 0.3) is 10.9 Å². The van der Waals surface area contributed by atoms with E-state index in [1.807, 2.05) is 0 Å². The van der Waals surface area contributed by atoms with E-state index < -0.39 is 28.6 Å². The molecule has 0 aliphatic heterocycles. The Balaban J connectivity index is 1.81. The van der Waals surface area contributed by atoms with Crippen LogP contribution < -0.4 is 5.32 Å². The van der Waals surface area contributed by atoms with Gasteiger partial charge in [0.15, 0.2) is 0 Å². The second-order valence-electron chi connectivity index (χ2n) is 6.25. The topological polar surface area (TPSA) is 163 Å². The number of carboxylic acid groups (broad SMARTS) is 1. The van der Waals surface area contributed by atoms with Gasteiger partial charge in [0, 0.05) is 35.7 Å². The standard InChI is InChI=1S/C19H15N3O7/c23-12-4-1-10(2-5-12)7-16(19(26)27)21-18(25)17(24)14-9-20-15-6-3-11(22(28)29)8-13(14)15/h1-6,8-9,16,20,23H,7H2,(H,21,25)(H,26,27)/t16-/m0/s1. The number of benzene rings is 2. The molecule has 1 heterocycles. The average Bonchev–Trinajstić information content (AvgIpc) is 3.11. The van der Waals surface area contributed by atoms with Crippen molar-refractivity contribution in [1.82, 2.24) is 10.3 Å². The summed E-state index contributed by atoms with van der Waals surface area (Å²) in [5.74, 6) is -3.50. The molecule has 3 aromatic rings. The van der Waals surface area contributed by atoms with E-state index in [0.29, 0.717) is 11.1 Å². The van der Waals surface area contributed by atoms with Crippen molar-refractivity contribution in [3.05, 3.63) is 69.9 Å². The third kappa shape index (κ3) is 4.21. The number of aromatic amines is 1. The summed E-state index contributed by atoms with van der Waals surface area (Å²) in [5, 5.41) is 32.0. The SMILES string of the molecule is O=C(N[C@@H](Cc1ccc(O)cc1)C(=O)O)C(=O)c1c[nH]c2ccc([N+](=O)[O-])cc12. The number of H-pyrrole nitrogens is 1. The van der Waals surface area contributed by atoms with Crippen molar-refractivity contribution in [1.29, 1.82) is 0 Å². The number of nitrogens with zero attached hydrogens (tertiary/aromatic N) is 1. The minimum Gasteiger partial charge on any atom is -0.508 e. The summed E-state index contributed by atoms with van der Waals surface area (Å²) < 4.78 is 0. The summed E-state index contributed by atoms with van der Waals surface area (Å²) in [6, 6.07) is 8.20. The van der Waals surface area contributed by atoms with Crippen LogP contribution in [0.4, 0.5) is 5.69 Å². The molecule has 0 saturated heterocycles. The summed E-state index contributed by atoms with van der Waals surface area (Å²) in [4.78, 5) is 49.4. The number of hydrogen-bond donors (Lipinski definition) is 4. The molecule has 0 aliphatic carbocycles. The lowest BCUT2D eigenvalue weighted by molar-refractivity contribution is -0.384. The Morgan fingerprint density at radius 1 is 1.14 bits per heavy atom. The maximum atomic E-state index is 12.5. The Morgan fingerprint density at radius 2 is 1.83 bits per heavy atom. The summed E-state index contributed by atoms with van der Waals surface area (Å²) in [6.07, 6.45) is 1.14. The number of ketones is 1. The molecule has 3 rings (SSSR count). The van der Waals surface area contributed by atoms with Gasteiger partial charge in [-0.25, -0.2) is 4.79 Å². The number of hydrogen-bond acceptors (Lipinski definition) is 6. The minimum absolute atomic E-state index is 0.00766. The predicted octanol–water partition coefficient (Wildman–Crippen LogP) is 1.78. The number of phenolic OH excluding ortho intramolecular Hbond substituents is 1. The minimum atomic E-state index is -1.38. The van der Waals surface area contributed by atoms with Crippen LogP contribution >= 0.6 is 0 Å². The zero-order chi connectivity index (χ0) is 21.1. The van der Waals surface area contributed by atoms with Gasteiger partial charge in [0.25, 0.3) is 17.4 Å². The molecule has 0 saturated carbocycles. The van der Waals surface area contributed by atoms with Crippen LogP contribution in [0.2, 0.25) is 0 Å². The van der Waals surface area contributed by atoms with E-state index in [2.05, 4.69) is 10.3 Å². The molecule has 1 amide bonds. The molecule has 10 heteroatoms. The van der Waals surface area contributed by atoms with Gasteiger partial charge in [-0.05, 0) is 23.8 Å². The summed E-state index contributed by atoms with van der Waals surface area (Å²) in [6.45, 7) is 0. The van der Waals surface area contributed by atoms with Crippen LogP contribution in [0.5, 0.6) is 5.75 Å². The highest BCUT2D eigenvalue weighted by molar-refractivity contribution is 6.45. The van der Waals surface area contributed by atoms with Crippen LogP contribution in [0.3, 0.4) is 0 Å². The molecule has 0 bridgehead atoms. The molecule has 1 atom stereocenters. The Hall–Kier alpha value is -4.21. The normalized spacial score (nSPS) is 11.7. The largest absolute Gasteiger partial charge is 0.508 e. The highest BCUT2D eigenvalue weighted by atomic mass is 16.6. The van der Waals surface area contributed by atoms with E-state index in [0.717, 1.165) is 6.07 Å². The first kappa shape index (κ1) is 19.5. The van der Waals surface area contributed by atoms with E-state index in [9.17, 15) is 34.7 Å². The lowest BCUT2D eigenvalue weighted by Crippen LogP contribution is -2.45. The van der Waals surface area contributed by atoms with Crippen molar-refractivity contribution in [2.45, 2.75) is 12.5 Å². The Bertz CT molecular complexity index is 1120. The Morgan fingerprint density at radius 3 is 2.45 bits per heavy atom. The van der Waals surface area contributed by atoms with Crippen molar-refractivity contribution in [2.75, 3.05) is 0 Å². The fraction of sp³-hybridized carbons (Fsp3) is 0.105. The number of rotatable bonds is 7. The molecular weight excluding hydrogens is 382 g/mol. The third-order valence-corrected chi connectivity index (χ3v) is 4.31. The van der Waals surface area contributed by atoms with Crippen LogP contribution in [-0.2, 0) is 16.0 Å². The molecule has 0 aliphatic rings. The number of nitro groups is 1. The summed E-state index contributed by atoms with van der Waals surface area (Å²) in [5.41, 5.74) is 0.605. The van der Waals surface area contributed by atoms with E-state index in [4.69, 9.17) is 0 Å². The quantitative estimate of drug-likeness (QED) is 0.204. The smallest absolute Gasteiger partial charge is 0.326 e. The number of aliphatic carboxylic acids is 1. The van der Waals surface area contributed by atoms with Gasteiger partial charge >= 0.3 is 5.97 Å². The zero-order valence-electron chi connectivity index (χ0n) is 14.8. The highest BCUT2D eigenvalue weighted by Gasteiger charge is 2.27. The second kappa shape index (κ2) is 7.80. The second-order valence-corrected chi connectivity index (χ2v) is 6.25. The fourth-order valence-electron chi connectivity index (χ4n) is 2.82. The molecule has 2 aromatic carbocycles. The molecule has 148 valence electrons. The molecule has 4 N–H and O–H groups in total. The van der Waals surface area contributed by atoms with Crippen molar-refractivity contribution in [3.63, 3.8) is 0 Å². The van der Waals surface area contributed by atoms with Crippen LogP contribution in [0.15, 0.2) is 48.7 Å². The molecule has 1 aromatic heterocycles. The molecule has 10 nitrogen and oxygen atoms in total. The molecule has 0 spiro atoms. The summed E-state index contributed by atoms with van der Waals surface area (Å²) in [7, 11) is 0. The van der Waals surface area contributed by atoms with Crippen LogP contribution in [-0.4, -0.2) is 43.8 Å². The van der Waals surface area contributed by atoms with Crippen molar-refractivity contribution in [3.8, 4) is 5.75 Å². The first-order valence-electron chi connectivity index (χ1n) is 8.37. The maximum absolute atomic E-state index is 12.5. The van der Waals surface area contributed by atoms with Gasteiger partial charge in [-0.1, -0.05) is 12.1 Å². The Labute approximate surface area is 162 Å². The van der Waals surface area contributed by atoms with Gasteiger partial charge in [0.05, 0.1) is 10.5 Å². The predicted molar refractivity (Wildman–Crippen MR) is 101 cm³/mol. The first-order valence-corrected chi connectivity index (χ1v) is 8.37. The lowest BCUT2D eigenvalue weighted by Gasteiger charge is -2.14. The number of fused-ring (bicyclic) bond motifs is 1. The van der Waals surface area contributed by atoms with E-state index in [1.165, 1.54) is 42.6 Å². The van der Waals surface area contributed by atoms with Gasteiger partial charge < -0.3 is 20.5 Å². The average molecular weight is 397 g/mol. The number of carbonyl (C=O) groups excluding carboxylic acids is 2. The van der Waals surface area contributed by atoms with Crippen molar-refractivity contribution in [2.24, 2.45) is 0 Å². The number of nitro benzene ring substituents is 1. The van der Waals surface area contributed by atoms with Gasteiger partial charge in [-0.2, -0.15) is 0 Å². The van der Waals surface area contributed by atoms with Crippen molar-refractivity contribution >= 4 is 34.3 Å². The fourth-order valence-corrected chi connectivity index (χ4v) is 2.82. The first-order chi connectivity index (χ1) is 13.8. The molecule has 0 radical (unpaired) electrons. The number of aromatic nitrogens is 1. The number of aromatic hydroxyl groups is 1. The third-order valence-electron chi connectivity index (χ3n) is 4.31.